The first-order valence-corrected chi connectivity index (χ1v) is 11.7. The summed E-state index contributed by atoms with van der Waals surface area (Å²) in [5.74, 6) is 0.0408. The van der Waals surface area contributed by atoms with Crippen molar-refractivity contribution in [2.45, 2.75) is 37.0 Å². The summed E-state index contributed by atoms with van der Waals surface area (Å²) < 4.78 is 27.9. The summed E-state index contributed by atoms with van der Waals surface area (Å²) in [5.41, 5.74) is 1.65. The third kappa shape index (κ3) is 4.33. The first-order chi connectivity index (χ1) is 14.4. The molecule has 2 aliphatic rings. The number of carbonyl (C=O) groups excluding carboxylic acids is 2. The van der Waals surface area contributed by atoms with Crippen molar-refractivity contribution in [3.05, 3.63) is 54.1 Å². The summed E-state index contributed by atoms with van der Waals surface area (Å²) in [7, 11) is -3.77. The zero-order valence-corrected chi connectivity index (χ0v) is 17.5. The number of rotatable bonds is 5. The molecule has 0 spiro atoms. The summed E-state index contributed by atoms with van der Waals surface area (Å²) >= 11 is 0. The van der Waals surface area contributed by atoms with Crippen LogP contribution in [0.4, 0.5) is 11.4 Å². The highest BCUT2D eigenvalue weighted by Crippen LogP contribution is 2.24. The molecular weight excluding hydrogens is 402 g/mol. The van der Waals surface area contributed by atoms with Gasteiger partial charge in [0, 0.05) is 43.0 Å². The SMILES string of the molecule is O=C(c1ccc(NS(=O)(=O)c2ccc(N3CCCC3=O)cc2)cc1)N1CCCCC1. The van der Waals surface area contributed by atoms with Gasteiger partial charge in [0.25, 0.3) is 15.9 Å². The van der Waals surface area contributed by atoms with Crippen LogP contribution in [0.2, 0.25) is 0 Å². The maximum atomic E-state index is 12.7. The first kappa shape index (κ1) is 20.4. The van der Waals surface area contributed by atoms with Gasteiger partial charge in [-0.15, -0.1) is 0 Å². The summed E-state index contributed by atoms with van der Waals surface area (Å²) in [6, 6.07) is 12.8. The standard InChI is InChI=1S/C22H25N3O4S/c26-21-5-4-16-25(21)19-10-12-20(13-11-19)30(28,29)23-18-8-6-17(7-9-18)22(27)24-14-2-1-3-15-24/h6-13,23H,1-5,14-16H2. The number of sulfonamides is 1. The van der Waals surface area contributed by atoms with Crippen molar-refractivity contribution in [3.8, 4) is 0 Å². The van der Waals surface area contributed by atoms with Crippen LogP contribution in [0, 0.1) is 0 Å². The third-order valence-corrected chi connectivity index (χ3v) is 6.96. The third-order valence-electron chi connectivity index (χ3n) is 5.56. The Morgan fingerprint density at radius 1 is 0.833 bits per heavy atom. The molecule has 2 heterocycles. The van der Waals surface area contributed by atoms with Crippen LogP contribution in [0.3, 0.4) is 0 Å². The zero-order valence-electron chi connectivity index (χ0n) is 16.7. The van der Waals surface area contributed by atoms with Gasteiger partial charge in [0.05, 0.1) is 4.90 Å². The predicted octanol–water partition coefficient (Wildman–Crippen LogP) is 3.24. The Morgan fingerprint density at radius 3 is 2.10 bits per heavy atom. The smallest absolute Gasteiger partial charge is 0.261 e. The van der Waals surface area contributed by atoms with Gasteiger partial charge in [-0.3, -0.25) is 14.3 Å². The molecule has 2 fully saturated rings. The first-order valence-electron chi connectivity index (χ1n) is 10.3. The van der Waals surface area contributed by atoms with Crippen molar-refractivity contribution in [2.24, 2.45) is 0 Å². The number of hydrogen-bond acceptors (Lipinski definition) is 4. The van der Waals surface area contributed by atoms with Gasteiger partial charge in [-0.05, 0) is 74.2 Å². The van der Waals surface area contributed by atoms with E-state index in [1.54, 1.807) is 41.3 Å². The van der Waals surface area contributed by atoms with E-state index in [1.165, 1.54) is 12.1 Å². The van der Waals surface area contributed by atoms with Crippen molar-refractivity contribution >= 4 is 33.2 Å². The average molecular weight is 428 g/mol. The van der Waals surface area contributed by atoms with Gasteiger partial charge in [0.2, 0.25) is 5.91 Å². The molecule has 2 amide bonds. The Kier molecular flexibility index (Phi) is 5.76. The van der Waals surface area contributed by atoms with Crippen molar-refractivity contribution < 1.29 is 18.0 Å². The molecule has 158 valence electrons. The van der Waals surface area contributed by atoms with Crippen LogP contribution in [0.25, 0.3) is 0 Å². The molecule has 0 aromatic heterocycles. The van der Waals surface area contributed by atoms with E-state index in [0.29, 0.717) is 29.9 Å². The molecule has 30 heavy (non-hydrogen) atoms. The lowest BCUT2D eigenvalue weighted by Gasteiger charge is -2.26. The normalized spacial score (nSPS) is 17.3. The molecule has 0 atom stereocenters. The molecule has 2 saturated heterocycles. The second kappa shape index (κ2) is 8.47. The van der Waals surface area contributed by atoms with E-state index in [1.807, 2.05) is 4.90 Å². The number of carbonyl (C=O) groups is 2. The number of nitrogens with one attached hydrogen (secondary N) is 1. The number of anilines is 2. The van der Waals surface area contributed by atoms with E-state index in [0.717, 1.165) is 38.8 Å². The number of benzene rings is 2. The number of piperidine rings is 1. The molecule has 0 saturated carbocycles. The van der Waals surface area contributed by atoms with Crippen LogP contribution in [0.15, 0.2) is 53.4 Å². The summed E-state index contributed by atoms with van der Waals surface area (Å²) in [5, 5.41) is 0. The lowest BCUT2D eigenvalue weighted by atomic mass is 10.1. The Labute approximate surface area is 176 Å². The van der Waals surface area contributed by atoms with Gasteiger partial charge in [0.15, 0.2) is 0 Å². The molecule has 0 radical (unpaired) electrons. The molecule has 0 bridgehead atoms. The minimum atomic E-state index is -3.77. The number of nitrogens with zero attached hydrogens (tertiary/aromatic N) is 2. The fraction of sp³-hybridized carbons (Fsp3) is 0.364. The number of hydrogen-bond donors (Lipinski definition) is 1. The van der Waals surface area contributed by atoms with E-state index < -0.39 is 10.0 Å². The van der Waals surface area contributed by atoms with Crippen LogP contribution in [0.1, 0.15) is 42.5 Å². The zero-order chi connectivity index (χ0) is 21.1. The van der Waals surface area contributed by atoms with E-state index >= 15 is 0 Å². The minimum absolute atomic E-state index is 0.0174. The Hall–Kier alpha value is -2.87. The average Bonchev–Trinajstić information content (AvgIpc) is 3.20. The fourth-order valence-electron chi connectivity index (χ4n) is 3.90. The van der Waals surface area contributed by atoms with Gasteiger partial charge in [-0.1, -0.05) is 0 Å². The van der Waals surface area contributed by atoms with Crippen molar-refractivity contribution in [1.29, 1.82) is 0 Å². The van der Waals surface area contributed by atoms with Gasteiger partial charge in [0.1, 0.15) is 0 Å². The van der Waals surface area contributed by atoms with Gasteiger partial charge in [-0.2, -0.15) is 0 Å². The Morgan fingerprint density at radius 2 is 1.50 bits per heavy atom. The molecule has 2 aromatic carbocycles. The van der Waals surface area contributed by atoms with Gasteiger partial charge in [-0.25, -0.2) is 8.42 Å². The summed E-state index contributed by atoms with van der Waals surface area (Å²) in [6.45, 7) is 2.20. The number of amides is 2. The van der Waals surface area contributed by atoms with Crippen molar-refractivity contribution in [2.75, 3.05) is 29.3 Å². The Balaban J connectivity index is 1.44. The summed E-state index contributed by atoms with van der Waals surface area (Å²) in [6.07, 6.45) is 4.54. The van der Waals surface area contributed by atoms with E-state index in [9.17, 15) is 18.0 Å². The number of likely N-dealkylation sites (tertiary alicyclic amines) is 1. The molecule has 2 aliphatic heterocycles. The molecular formula is C22H25N3O4S. The summed E-state index contributed by atoms with van der Waals surface area (Å²) in [4.78, 5) is 28.0. The lowest BCUT2D eigenvalue weighted by Crippen LogP contribution is -2.35. The molecule has 8 heteroatoms. The second-order valence-electron chi connectivity index (χ2n) is 7.68. The largest absolute Gasteiger partial charge is 0.339 e. The minimum Gasteiger partial charge on any atom is -0.339 e. The Bertz CT molecular complexity index is 1030. The highest BCUT2D eigenvalue weighted by atomic mass is 32.2. The highest BCUT2D eigenvalue weighted by Gasteiger charge is 2.23. The van der Waals surface area contributed by atoms with E-state index in [4.69, 9.17) is 0 Å². The quantitative estimate of drug-likeness (QED) is 0.794. The maximum Gasteiger partial charge on any atom is 0.261 e. The molecule has 2 aromatic rings. The van der Waals surface area contributed by atoms with Gasteiger partial charge < -0.3 is 9.80 Å². The second-order valence-corrected chi connectivity index (χ2v) is 9.36. The molecule has 4 rings (SSSR count). The van der Waals surface area contributed by atoms with E-state index in [2.05, 4.69) is 4.72 Å². The molecule has 0 unspecified atom stereocenters. The van der Waals surface area contributed by atoms with E-state index in [-0.39, 0.29) is 16.7 Å². The van der Waals surface area contributed by atoms with Crippen LogP contribution >= 0.6 is 0 Å². The van der Waals surface area contributed by atoms with Crippen LogP contribution in [-0.2, 0) is 14.8 Å². The monoisotopic (exact) mass is 427 g/mol. The van der Waals surface area contributed by atoms with Crippen LogP contribution < -0.4 is 9.62 Å². The van der Waals surface area contributed by atoms with Gasteiger partial charge >= 0.3 is 0 Å². The fourth-order valence-corrected chi connectivity index (χ4v) is 4.96. The maximum absolute atomic E-state index is 12.7. The van der Waals surface area contributed by atoms with Crippen LogP contribution in [0.5, 0.6) is 0 Å². The molecule has 1 N–H and O–H groups in total. The topological polar surface area (TPSA) is 86.8 Å². The lowest BCUT2D eigenvalue weighted by molar-refractivity contribution is -0.117. The molecule has 7 nitrogen and oxygen atoms in total. The highest BCUT2D eigenvalue weighted by molar-refractivity contribution is 7.92. The van der Waals surface area contributed by atoms with Crippen LogP contribution in [-0.4, -0.2) is 44.8 Å². The molecule has 0 aliphatic carbocycles. The predicted molar refractivity (Wildman–Crippen MR) is 115 cm³/mol. The van der Waals surface area contributed by atoms with Crippen molar-refractivity contribution in [1.82, 2.24) is 4.90 Å². The van der Waals surface area contributed by atoms with Crippen molar-refractivity contribution in [3.63, 3.8) is 0 Å².